The maximum atomic E-state index is 12.8. The molecule has 0 aliphatic carbocycles. The number of pyridine rings is 1. The molecule has 0 bridgehead atoms. The number of nitrogens with two attached hydrogens (primary N) is 1. The molecule has 154 valence electrons. The summed E-state index contributed by atoms with van der Waals surface area (Å²) < 4.78 is 40.1. The zero-order valence-corrected chi connectivity index (χ0v) is 15.8. The van der Waals surface area contributed by atoms with E-state index in [4.69, 9.17) is 20.6 Å². The van der Waals surface area contributed by atoms with E-state index in [1.807, 2.05) is 6.07 Å². The SMILES string of the molecule is COc1ccc(CN2Cc3ncc(C(N)OC(=N)C(F)F)cc3C2=O)c(OC)c1. The van der Waals surface area contributed by atoms with Gasteiger partial charge >= 0.3 is 6.43 Å². The van der Waals surface area contributed by atoms with Gasteiger partial charge in [-0.2, -0.15) is 8.78 Å². The predicted octanol–water partition coefficient (Wildman–Crippen LogP) is 2.47. The van der Waals surface area contributed by atoms with Crippen LogP contribution in [0, 0.1) is 5.41 Å². The fraction of sp³-hybridized carbons (Fsp3) is 0.316. The van der Waals surface area contributed by atoms with E-state index in [2.05, 4.69) is 9.72 Å². The van der Waals surface area contributed by atoms with Crippen molar-refractivity contribution in [3.8, 4) is 11.5 Å². The minimum atomic E-state index is -3.07. The Morgan fingerprint density at radius 3 is 2.72 bits per heavy atom. The van der Waals surface area contributed by atoms with E-state index in [9.17, 15) is 13.6 Å². The molecule has 1 unspecified atom stereocenters. The molecular formula is C19H20F2N4O4. The molecule has 0 fully saturated rings. The third-order valence-corrected chi connectivity index (χ3v) is 4.49. The molecule has 10 heteroatoms. The molecule has 1 aromatic heterocycles. The Hall–Kier alpha value is -3.27. The highest BCUT2D eigenvalue weighted by Crippen LogP contribution is 2.30. The van der Waals surface area contributed by atoms with Gasteiger partial charge in [0.2, 0.25) is 0 Å². The molecule has 1 aromatic carbocycles. The molecule has 1 amide bonds. The summed E-state index contributed by atoms with van der Waals surface area (Å²) in [6, 6.07) is 6.77. The zero-order valence-electron chi connectivity index (χ0n) is 15.8. The largest absolute Gasteiger partial charge is 0.497 e. The van der Waals surface area contributed by atoms with Gasteiger partial charge in [0, 0.05) is 23.4 Å². The molecule has 3 N–H and O–H groups in total. The van der Waals surface area contributed by atoms with Crippen LogP contribution in [-0.2, 0) is 17.8 Å². The third-order valence-electron chi connectivity index (χ3n) is 4.49. The summed E-state index contributed by atoms with van der Waals surface area (Å²) in [5.74, 6) is -0.292. The van der Waals surface area contributed by atoms with Gasteiger partial charge in [-0.1, -0.05) is 0 Å². The first kappa shape index (κ1) is 20.5. The van der Waals surface area contributed by atoms with Crippen molar-refractivity contribution in [2.75, 3.05) is 14.2 Å². The van der Waals surface area contributed by atoms with E-state index in [0.717, 1.165) is 5.56 Å². The Morgan fingerprint density at radius 1 is 1.31 bits per heavy atom. The second kappa shape index (κ2) is 8.39. The summed E-state index contributed by atoms with van der Waals surface area (Å²) >= 11 is 0. The molecule has 0 radical (unpaired) electrons. The van der Waals surface area contributed by atoms with Gasteiger partial charge in [0.1, 0.15) is 11.5 Å². The second-order valence-electron chi connectivity index (χ2n) is 6.31. The van der Waals surface area contributed by atoms with Gasteiger partial charge in [0.05, 0.1) is 38.6 Å². The number of aromatic nitrogens is 1. The van der Waals surface area contributed by atoms with Gasteiger partial charge in [-0.25, -0.2) is 0 Å². The molecule has 1 aliphatic heterocycles. The number of carbonyl (C=O) groups excluding carboxylic acids is 1. The number of ether oxygens (including phenoxy) is 3. The van der Waals surface area contributed by atoms with Crippen molar-refractivity contribution >= 4 is 11.8 Å². The van der Waals surface area contributed by atoms with Crippen LogP contribution in [0.5, 0.6) is 11.5 Å². The molecule has 8 nitrogen and oxygen atoms in total. The summed E-state index contributed by atoms with van der Waals surface area (Å²) in [6.07, 6.45) is -3.04. The number of rotatable bonds is 7. The van der Waals surface area contributed by atoms with Crippen molar-refractivity contribution in [2.24, 2.45) is 5.73 Å². The highest BCUT2D eigenvalue weighted by molar-refractivity contribution is 5.98. The summed E-state index contributed by atoms with van der Waals surface area (Å²) in [6.45, 7) is 0.572. The Bertz CT molecular complexity index is 938. The normalized spacial score (nSPS) is 14.0. The molecule has 3 rings (SSSR count). The van der Waals surface area contributed by atoms with Gasteiger partial charge in [-0.05, 0) is 18.2 Å². The van der Waals surface area contributed by atoms with Gasteiger partial charge in [0.25, 0.3) is 11.8 Å². The maximum absolute atomic E-state index is 12.8. The quantitative estimate of drug-likeness (QED) is 0.415. The molecule has 1 atom stereocenters. The molecular weight excluding hydrogens is 386 g/mol. The minimum Gasteiger partial charge on any atom is -0.497 e. The lowest BCUT2D eigenvalue weighted by Crippen LogP contribution is -2.24. The van der Waals surface area contributed by atoms with Gasteiger partial charge in [0.15, 0.2) is 6.23 Å². The summed E-state index contributed by atoms with van der Waals surface area (Å²) in [5, 5.41) is 7.07. The Morgan fingerprint density at radius 2 is 2.07 bits per heavy atom. The van der Waals surface area contributed by atoms with Gasteiger partial charge in [-0.3, -0.25) is 20.9 Å². The van der Waals surface area contributed by atoms with Crippen molar-refractivity contribution in [3.05, 3.63) is 52.8 Å². The zero-order chi connectivity index (χ0) is 21.1. The first-order chi connectivity index (χ1) is 13.8. The average Bonchev–Trinajstić information content (AvgIpc) is 3.03. The number of nitrogens with one attached hydrogen (secondary N) is 1. The minimum absolute atomic E-state index is 0.228. The number of nitrogens with zero attached hydrogens (tertiary/aromatic N) is 2. The first-order valence-electron chi connectivity index (χ1n) is 8.61. The van der Waals surface area contributed by atoms with Crippen molar-refractivity contribution in [2.45, 2.75) is 25.7 Å². The van der Waals surface area contributed by atoms with Gasteiger partial charge in [-0.15, -0.1) is 0 Å². The second-order valence-corrected chi connectivity index (χ2v) is 6.31. The van der Waals surface area contributed by atoms with Crippen LogP contribution < -0.4 is 15.2 Å². The molecule has 0 saturated carbocycles. The van der Waals surface area contributed by atoms with Crippen LogP contribution in [0.1, 0.15) is 33.4 Å². The molecule has 0 spiro atoms. The van der Waals surface area contributed by atoms with E-state index in [1.54, 1.807) is 24.1 Å². The van der Waals surface area contributed by atoms with Crippen molar-refractivity contribution in [3.63, 3.8) is 0 Å². The van der Waals surface area contributed by atoms with Crippen LogP contribution in [-0.4, -0.2) is 42.3 Å². The number of carbonyl (C=O) groups is 1. The number of halogens is 2. The summed E-state index contributed by atoms with van der Waals surface area (Å²) in [5.41, 5.74) is 7.59. The fourth-order valence-electron chi connectivity index (χ4n) is 2.97. The van der Waals surface area contributed by atoms with Crippen molar-refractivity contribution < 1.29 is 27.8 Å². The smallest absolute Gasteiger partial charge is 0.312 e. The van der Waals surface area contributed by atoms with E-state index in [-0.39, 0.29) is 24.6 Å². The number of amides is 1. The maximum Gasteiger partial charge on any atom is 0.312 e. The van der Waals surface area contributed by atoms with E-state index in [0.29, 0.717) is 22.8 Å². The number of benzene rings is 1. The number of hydrogen-bond acceptors (Lipinski definition) is 7. The number of methoxy groups -OCH3 is 2. The van der Waals surface area contributed by atoms with Crippen molar-refractivity contribution in [1.29, 1.82) is 5.41 Å². The van der Waals surface area contributed by atoms with E-state index in [1.165, 1.54) is 19.4 Å². The Balaban J connectivity index is 1.77. The fourth-order valence-corrected chi connectivity index (χ4v) is 2.97. The van der Waals surface area contributed by atoms with Crippen molar-refractivity contribution in [1.82, 2.24) is 9.88 Å². The van der Waals surface area contributed by atoms with Crippen LogP contribution in [0.2, 0.25) is 0 Å². The highest BCUT2D eigenvalue weighted by atomic mass is 19.3. The van der Waals surface area contributed by atoms with E-state index < -0.39 is 18.6 Å². The monoisotopic (exact) mass is 406 g/mol. The number of hydrogen-bond donors (Lipinski definition) is 2. The molecule has 2 heterocycles. The molecule has 29 heavy (non-hydrogen) atoms. The lowest BCUT2D eigenvalue weighted by molar-refractivity contribution is 0.0765. The molecule has 1 aliphatic rings. The molecule has 0 saturated heterocycles. The van der Waals surface area contributed by atoms with E-state index >= 15 is 0 Å². The highest BCUT2D eigenvalue weighted by Gasteiger charge is 2.30. The standard InChI is InChI=1S/C19H20F2N4O4/c1-27-12-4-3-10(15(6-12)28-2)8-25-9-14-13(19(25)26)5-11(7-24-14)17(22)29-18(23)16(20)21/h3-7,16-17,23H,8-9,22H2,1-2H3. The summed E-state index contributed by atoms with van der Waals surface area (Å²) in [7, 11) is 3.08. The topological polar surface area (TPSA) is 111 Å². The number of fused-ring (bicyclic) bond motifs is 1. The molecule has 2 aromatic rings. The predicted molar refractivity (Wildman–Crippen MR) is 99.1 cm³/mol. The van der Waals surface area contributed by atoms with Crippen LogP contribution in [0.4, 0.5) is 8.78 Å². The Labute approximate surface area is 165 Å². The third kappa shape index (κ3) is 4.27. The summed E-state index contributed by atoms with van der Waals surface area (Å²) in [4.78, 5) is 18.6. The van der Waals surface area contributed by atoms with Crippen LogP contribution in [0.25, 0.3) is 0 Å². The lowest BCUT2D eigenvalue weighted by Gasteiger charge is -2.18. The van der Waals surface area contributed by atoms with Crippen LogP contribution in [0.15, 0.2) is 30.5 Å². The average molecular weight is 406 g/mol. The van der Waals surface area contributed by atoms with Gasteiger partial charge < -0.3 is 19.1 Å². The van der Waals surface area contributed by atoms with Crippen LogP contribution >= 0.6 is 0 Å². The lowest BCUT2D eigenvalue weighted by atomic mass is 10.1. The number of alkyl halides is 2. The Kier molecular flexibility index (Phi) is 5.92. The van der Waals surface area contributed by atoms with Crippen LogP contribution in [0.3, 0.4) is 0 Å². The first-order valence-corrected chi connectivity index (χ1v) is 8.61.